The molecule has 3 heteroatoms. The molecule has 0 radical (unpaired) electrons. The van der Waals surface area contributed by atoms with E-state index < -0.39 is 0 Å². The van der Waals surface area contributed by atoms with Crippen LogP contribution in [0.1, 0.15) is 38.4 Å². The van der Waals surface area contributed by atoms with Gasteiger partial charge in [-0.3, -0.25) is 4.79 Å². The minimum atomic E-state index is -0.191. The van der Waals surface area contributed by atoms with Gasteiger partial charge in [0, 0.05) is 0 Å². The molecule has 0 fully saturated rings. The van der Waals surface area contributed by atoms with Crippen molar-refractivity contribution >= 4 is 5.97 Å². The fraction of sp³-hybridized carbons (Fsp3) is 0.500. The summed E-state index contributed by atoms with van der Waals surface area (Å²) in [5.74, 6) is -0.223. The third-order valence-corrected chi connectivity index (χ3v) is 2.81. The Morgan fingerprint density at radius 1 is 1.29 bits per heavy atom. The van der Waals surface area contributed by atoms with Gasteiger partial charge in [0.25, 0.3) is 0 Å². The third kappa shape index (κ3) is 4.57. The lowest BCUT2D eigenvalue weighted by atomic mass is 10.1. The van der Waals surface area contributed by atoms with Crippen LogP contribution in [0.2, 0.25) is 0 Å². The normalized spacial score (nSPS) is 14.1. The van der Waals surface area contributed by atoms with Crippen LogP contribution in [0.3, 0.4) is 0 Å². The largest absolute Gasteiger partial charge is 0.458 e. The summed E-state index contributed by atoms with van der Waals surface area (Å²) in [6.07, 6.45) is 1.45. The smallest absolute Gasteiger partial charge is 0.309 e. The molecule has 0 saturated carbocycles. The van der Waals surface area contributed by atoms with E-state index in [1.165, 1.54) is 0 Å². The van der Waals surface area contributed by atoms with Gasteiger partial charge in [-0.25, -0.2) is 0 Å². The lowest BCUT2D eigenvalue weighted by Crippen LogP contribution is -2.18. The van der Waals surface area contributed by atoms with Gasteiger partial charge in [0.15, 0.2) is 0 Å². The average Bonchev–Trinajstić information content (AvgIpc) is 2.36. The van der Waals surface area contributed by atoms with Crippen LogP contribution in [0.15, 0.2) is 30.3 Å². The van der Waals surface area contributed by atoms with Crippen LogP contribution in [-0.4, -0.2) is 12.5 Å². The summed E-state index contributed by atoms with van der Waals surface area (Å²) in [7, 11) is 0. The number of hydrogen-bond acceptors (Lipinski definition) is 3. The summed E-state index contributed by atoms with van der Waals surface area (Å²) in [5.41, 5.74) is 6.44. The topological polar surface area (TPSA) is 52.3 Å². The number of hydrogen-bond donors (Lipinski definition) is 1. The Morgan fingerprint density at radius 2 is 1.94 bits per heavy atom. The number of carbonyl (C=O) groups excluding carboxylic acids is 1. The first kappa shape index (κ1) is 13.7. The highest BCUT2D eigenvalue weighted by Crippen LogP contribution is 2.19. The molecule has 94 valence electrons. The van der Waals surface area contributed by atoms with E-state index in [0.29, 0.717) is 6.54 Å². The van der Waals surface area contributed by atoms with Crippen LogP contribution in [0.5, 0.6) is 0 Å². The first-order chi connectivity index (χ1) is 8.15. The highest BCUT2D eigenvalue weighted by atomic mass is 16.5. The standard InChI is InChI=1S/C14H21NO2/c1-11(7-6-10-15)14(16)17-12(2)13-8-4-3-5-9-13/h3-5,8-9,11-12H,6-7,10,15H2,1-2H3. The van der Waals surface area contributed by atoms with Crippen LogP contribution in [0.25, 0.3) is 0 Å². The predicted molar refractivity (Wildman–Crippen MR) is 68.4 cm³/mol. The van der Waals surface area contributed by atoms with Crippen molar-refractivity contribution in [3.63, 3.8) is 0 Å². The first-order valence-electron chi connectivity index (χ1n) is 6.10. The van der Waals surface area contributed by atoms with E-state index in [-0.39, 0.29) is 18.0 Å². The Labute approximate surface area is 103 Å². The molecular weight excluding hydrogens is 214 g/mol. The van der Waals surface area contributed by atoms with Crippen molar-refractivity contribution in [2.45, 2.75) is 32.8 Å². The Balaban J connectivity index is 2.46. The number of rotatable bonds is 6. The van der Waals surface area contributed by atoms with Crippen LogP contribution >= 0.6 is 0 Å². The SMILES string of the molecule is CC(CCCN)C(=O)OC(C)c1ccccc1. The van der Waals surface area contributed by atoms with E-state index in [2.05, 4.69) is 0 Å². The molecule has 1 aromatic carbocycles. The summed E-state index contributed by atoms with van der Waals surface area (Å²) >= 11 is 0. The Morgan fingerprint density at radius 3 is 2.53 bits per heavy atom. The second kappa shape index (κ2) is 7.07. The van der Waals surface area contributed by atoms with E-state index in [1.807, 2.05) is 44.2 Å². The molecule has 3 nitrogen and oxygen atoms in total. The van der Waals surface area contributed by atoms with Gasteiger partial charge in [0.2, 0.25) is 0 Å². The number of benzene rings is 1. The van der Waals surface area contributed by atoms with Gasteiger partial charge in [-0.2, -0.15) is 0 Å². The van der Waals surface area contributed by atoms with Crippen molar-refractivity contribution in [3.8, 4) is 0 Å². The van der Waals surface area contributed by atoms with Crippen LogP contribution in [0, 0.1) is 5.92 Å². The van der Waals surface area contributed by atoms with E-state index >= 15 is 0 Å². The zero-order valence-corrected chi connectivity index (χ0v) is 10.6. The zero-order chi connectivity index (χ0) is 12.7. The summed E-state index contributed by atoms with van der Waals surface area (Å²) in [5, 5.41) is 0. The lowest BCUT2D eigenvalue weighted by molar-refractivity contribution is -0.153. The average molecular weight is 235 g/mol. The van der Waals surface area contributed by atoms with Crippen molar-refractivity contribution in [2.75, 3.05) is 6.54 Å². The Kier molecular flexibility index (Phi) is 5.70. The molecule has 0 bridgehead atoms. The summed E-state index contributed by atoms with van der Waals surface area (Å²) < 4.78 is 5.42. The van der Waals surface area contributed by atoms with Crippen molar-refractivity contribution in [2.24, 2.45) is 11.7 Å². The van der Waals surface area contributed by atoms with Crippen LogP contribution in [-0.2, 0) is 9.53 Å². The number of carbonyl (C=O) groups is 1. The van der Waals surface area contributed by atoms with Crippen LogP contribution < -0.4 is 5.73 Å². The predicted octanol–water partition coefficient (Wildman–Crippen LogP) is 2.67. The Bertz CT molecular complexity index is 337. The van der Waals surface area contributed by atoms with E-state index in [4.69, 9.17) is 10.5 Å². The maximum absolute atomic E-state index is 11.8. The second-order valence-corrected chi connectivity index (χ2v) is 4.32. The number of ether oxygens (including phenoxy) is 1. The van der Waals surface area contributed by atoms with Gasteiger partial charge in [-0.05, 0) is 31.9 Å². The van der Waals surface area contributed by atoms with Gasteiger partial charge in [0.1, 0.15) is 6.10 Å². The third-order valence-electron chi connectivity index (χ3n) is 2.81. The second-order valence-electron chi connectivity index (χ2n) is 4.32. The van der Waals surface area contributed by atoms with Gasteiger partial charge in [0.05, 0.1) is 5.92 Å². The maximum Gasteiger partial charge on any atom is 0.309 e. The van der Waals surface area contributed by atoms with Crippen molar-refractivity contribution in [1.82, 2.24) is 0 Å². The summed E-state index contributed by atoms with van der Waals surface area (Å²) in [6, 6.07) is 9.75. The number of esters is 1. The molecule has 0 aliphatic rings. The van der Waals surface area contributed by atoms with E-state index in [1.54, 1.807) is 0 Å². The molecule has 2 atom stereocenters. The van der Waals surface area contributed by atoms with Crippen LogP contribution in [0.4, 0.5) is 0 Å². The van der Waals surface area contributed by atoms with Gasteiger partial charge < -0.3 is 10.5 Å². The molecule has 0 heterocycles. The lowest BCUT2D eigenvalue weighted by Gasteiger charge is -2.16. The highest BCUT2D eigenvalue weighted by molar-refractivity contribution is 5.72. The quantitative estimate of drug-likeness (QED) is 0.771. The van der Waals surface area contributed by atoms with E-state index in [9.17, 15) is 4.79 Å². The fourth-order valence-electron chi connectivity index (χ4n) is 1.62. The van der Waals surface area contributed by atoms with Gasteiger partial charge in [-0.15, -0.1) is 0 Å². The summed E-state index contributed by atoms with van der Waals surface area (Å²) in [6.45, 7) is 4.39. The van der Waals surface area contributed by atoms with Crippen molar-refractivity contribution in [1.29, 1.82) is 0 Å². The molecule has 0 aromatic heterocycles. The zero-order valence-electron chi connectivity index (χ0n) is 10.6. The summed E-state index contributed by atoms with van der Waals surface area (Å²) in [4.78, 5) is 11.8. The molecular formula is C14H21NO2. The molecule has 2 N–H and O–H groups in total. The molecule has 1 rings (SSSR count). The maximum atomic E-state index is 11.8. The molecule has 0 amide bonds. The molecule has 0 spiro atoms. The minimum absolute atomic E-state index is 0.0790. The fourth-order valence-corrected chi connectivity index (χ4v) is 1.62. The van der Waals surface area contributed by atoms with Crippen molar-refractivity contribution < 1.29 is 9.53 Å². The van der Waals surface area contributed by atoms with E-state index in [0.717, 1.165) is 18.4 Å². The van der Waals surface area contributed by atoms with Gasteiger partial charge in [-0.1, -0.05) is 37.3 Å². The highest BCUT2D eigenvalue weighted by Gasteiger charge is 2.17. The molecule has 1 aromatic rings. The van der Waals surface area contributed by atoms with Crippen molar-refractivity contribution in [3.05, 3.63) is 35.9 Å². The Hall–Kier alpha value is -1.35. The molecule has 17 heavy (non-hydrogen) atoms. The minimum Gasteiger partial charge on any atom is -0.458 e. The molecule has 0 saturated heterocycles. The monoisotopic (exact) mass is 235 g/mol. The van der Waals surface area contributed by atoms with Gasteiger partial charge >= 0.3 is 5.97 Å². The molecule has 0 aliphatic carbocycles. The molecule has 2 unspecified atom stereocenters. The molecule has 0 aliphatic heterocycles. The first-order valence-corrected chi connectivity index (χ1v) is 6.10. The number of nitrogens with two attached hydrogens (primary N) is 1.